The number of aromatic nitrogens is 5. The van der Waals surface area contributed by atoms with Gasteiger partial charge in [-0.2, -0.15) is 4.98 Å². The maximum absolute atomic E-state index is 16.4. The average molecular weight is 623 g/mol. The molecule has 0 bridgehead atoms. The Bertz CT molecular complexity index is 1890. The Morgan fingerprint density at radius 2 is 1.83 bits per heavy atom. The molecule has 46 heavy (non-hydrogen) atoms. The topological polar surface area (TPSA) is 100 Å². The molecule has 1 fully saturated rings. The molecular formula is C35H39FN8O2. The number of para-hydroxylation sites is 1. The van der Waals surface area contributed by atoms with Crippen LogP contribution in [0.25, 0.3) is 28.0 Å². The van der Waals surface area contributed by atoms with E-state index in [1.165, 1.54) is 23.0 Å². The summed E-state index contributed by atoms with van der Waals surface area (Å²) in [6.45, 7) is 15.0. The van der Waals surface area contributed by atoms with Gasteiger partial charge in [0.1, 0.15) is 23.7 Å². The summed E-state index contributed by atoms with van der Waals surface area (Å²) >= 11 is 0. The molecule has 0 saturated carbocycles. The number of nitrogens with zero attached hydrogens (tertiary/aromatic N) is 8. The summed E-state index contributed by atoms with van der Waals surface area (Å²) in [5.41, 5.74) is 2.75. The minimum absolute atomic E-state index is 0.0642. The molecule has 0 radical (unpaired) electrons. The maximum Gasteiger partial charge on any atom is 0.355 e. The number of piperazine rings is 1. The van der Waals surface area contributed by atoms with Crippen LogP contribution in [0.5, 0.6) is 0 Å². The van der Waals surface area contributed by atoms with Crippen molar-refractivity contribution < 1.29 is 9.18 Å². The number of benzene rings is 1. The van der Waals surface area contributed by atoms with E-state index in [0.29, 0.717) is 65.7 Å². The van der Waals surface area contributed by atoms with Crippen molar-refractivity contribution >= 4 is 28.4 Å². The minimum atomic E-state index is -0.583. The first-order chi connectivity index (χ1) is 22.0. The van der Waals surface area contributed by atoms with Crippen molar-refractivity contribution in [3.8, 4) is 29.3 Å². The van der Waals surface area contributed by atoms with Gasteiger partial charge in [0.05, 0.1) is 29.0 Å². The molecule has 5 rings (SSSR count). The predicted octanol–water partition coefficient (Wildman–Crippen LogP) is 4.92. The highest BCUT2D eigenvalue weighted by atomic mass is 19.1. The lowest BCUT2D eigenvalue weighted by Gasteiger charge is -2.40. The van der Waals surface area contributed by atoms with Crippen LogP contribution in [0, 0.1) is 18.2 Å². The fraction of sp³-hybridized carbons (Fsp3) is 0.371. The van der Waals surface area contributed by atoms with Crippen LogP contribution in [0.15, 0.2) is 54.1 Å². The molecule has 3 aromatic heterocycles. The maximum atomic E-state index is 16.4. The van der Waals surface area contributed by atoms with Gasteiger partial charge in [0, 0.05) is 44.0 Å². The number of pyridine rings is 1. The van der Waals surface area contributed by atoms with E-state index in [2.05, 4.69) is 27.5 Å². The van der Waals surface area contributed by atoms with Crippen LogP contribution in [0.1, 0.15) is 57.8 Å². The number of carbonyl (C=O) groups excluding carboxylic acids is 1. The third-order valence-electron chi connectivity index (χ3n) is 8.28. The quantitative estimate of drug-likeness (QED) is 0.202. The second kappa shape index (κ2) is 13.1. The van der Waals surface area contributed by atoms with Gasteiger partial charge in [0.2, 0.25) is 5.91 Å². The monoisotopic (exact) mass is 622 g/mol. The molecule has 1 saturated heterocycles. The molecule has 238 valence electrons. The SMILES string of the molecule is C#CCN(C)c1ccccc1-c1nc2c(cc1F)c(N1CCN(C(=O)C=C)C[C@@H]1C)nc(=O)n2-c1c(C(C)C)ncnc1C(C)C. The Morgan fingerprint density at radius 1 is 1.15 bits per heavy atom. The summed E-state index contributed by atoms with van der Waals surface area (Å²) in [7, 11) is 1.83. The Kier molecular flexibility index (Phi) is 9.19. The number of rotatable bonds is 8. The molecule has 0 N–H and O–H groups in total. The highest BCUT2D eigenvalue weighted by Gasteiger charge is 2.31. The molecule has 0 aliphatic carbocycles. The molecule has 4 heterocycles. The van der Waals surface area contributed by atoms with Crippen LogP contribution in [0.3, 0.4) is 0 Å². The van der Waals surface area contributed by atoms with Crippen LogP contribution < -0.4 is 15.5 Å². The fourth-order valence-electron chi connectivity index (χ4n) is 6.03. The van der Waals surface area contributed by atoms with Crippen molar-refractivity contribution in [1.29, 1.82) is 0 Å². The summed E-state index contributed by atoms with van der Waals surface area (Å²) in [6.07, 6.45) is 8.39. The molecular weight excluding hydrogens is 583 g/mol. The van der Waals surface area contributed by atoms with E-state index in [1.807, 2.05) is 69.7 Å². The van der Waals surface area contributed by atoms with Gasteiger partial charge in [-0.1, -0.05) is 58.4 Å². The van der Waals surface area contributed by atoms with Gasteiger partial charge in [0.25, 0.3) is 0 Å². The van der Waals surface area contributed by atoms with Gasteiger partial charge in [-0.3, -0.25) is 4.79 Å². The van der Waals surface area contributed by atoms with Gasteiger partial charge in [-0.15, -0.1) is 6.42 Å². The Morgan fingerprint density at radius 3 is 2.43 bits per heavy atom. The number of anilines is 2. The molecule has 11 heteroatoms. The van der Waals surface area contributed by atoms with Crippen molar-refractivity contribution in [2.24, 2.45) is 0 Å². The minimum Gasteiger partial charge on any atom is -0.363 e. The van der Waals surface area contributed by atoms with Crippen molar-refractivity contribution in [2.45, 2.75) is 52.5 Å². The average Bonchev–Trinajstić information content (AvgIpc) is 3.03. The third kappa shape index (κ3) is 5.83. The number of fused-ring (bicyclic) bond motifs is 1. The first kappa shape index (κ1) is 32.3. The molecule has 1 atom stereocenters. The number of amides is 1. The smallest absolute Gasteiger partial charge is 0.355 e. The second-order valence-corrected chi connectivity index (χ2v) is 12.2. The first-order valence-corrected chi connectivity index (χ1v) is 15.4. The standard InChI is InChI=1S/C35H39FN8O2/c1-9-15-41(8)27-14-12-11-13-24(27)31-26(36)18-25-33(43-17-16-42(19-23(43)7)28(45)10-2)40-35(46)44(34(25)39-31)32-29(21(3)4)37-20-38-30(32)22(5)6/h1,10-14,18,20-23H,2,15-17,19H2,3-8H3/t23-/m0/s1. The Hall–Kier alpha value is -5.11. The zero-order valence-corrected chi connectivity index (χ0v) is 27.2. The normalized spacial score (nSPS) is 15.0. The summed E-state index contributed by atoms with van der Waals surface area (Å²) in [6, 6.07) is 8.48. The van der Waals surface area contributed by atoms with E-state index < -0.39 is 11.5 Å². The van der Waals surface area contributed by atoms with Gasteiger partial charge < -0.3 is 14.7 Å². The van der Waals surface area contributed by atoms with Crippen LogP contribution in [0.2, 0.25) is 0 Å². The Balaban J connectivity index is 1.85. The zero-order chi connectivity index (χ0) is 33.3. The summed E-state index contributed by atoms with van der Waals surface area (Å²) in [5, 5.41) is 0.360. The van der Waals surface area contributed by atoms with E-state index >= 15 is 4.39 Å². The molecule has 1 aliphatic rings. The highest BCUT2D eigenvalue weighted by Crippen LogP contribution is 2.36. The molecule has 0 spiro atoms. The number of carbonyl (C=O) groups is 1. The fourth-order valence-corrected chi connectivity index (χ4v) is 6.03. The van der Waals surface area contributed by atoms with E-state index in [0.717, 1.165) is 0 Å². The van der Waals surface area contributed by atoms with Crippen LogP contribution in [-0.2, 0) is 4.79 Å². The van der Waals surface area contributed by atoms with E-state index in [-0.39, 0.29) is 35.1 Å². The summed E-state index contributed by atoms with van der Waals surface area (Å²) in [4.78, 5) is 50.8. The van der Waals surface area contributed by atoms with Gasteiger partial charge in [-0.25, -0.2) is 28.7 Å². The molecule has 4 aromatic rings. The van der Waals surface area contributed by atoms with E-state index in [4.69, 9.17) is 11.4 Å². The van der Waals surface area contributed by atoms with Gasteiger partial charge >= 0.3 is 5.69 Å². The lowest BCUT2D eigenvalue weighted by molar-refractivity contribution is -0.126. The largest absolute Gasteiger partial charge is 0.363 e. The number of hydrogen-bond acceptors (Lipinski definition) is 8. The van der Waals surface area contributed by atoms with Crippen LogP contribution in [0.4, 0.5) is 15.9 Å². The van der Waals surface area contributed by atoms with Crippen molar-refractivity contribution in [2.75, 3.05) is 43.0 Å². The van der Waals surface area contributed by atoms with Crippen LogP contribution in [-0.4, -0.2) is 74.6 Å². The third-order valence-corrected chi connectivity index (χ3v) is 8.28. The van der Waals surface area contributed by atoms with E-state index in [9.17, 15) is 9.59 Å². The van der Waals surface area contributed by atoms with Gasteiger partial charge in [0.15, 0.2) is 5.65 Å². The molecule has 10 nitrogen and oxygen atoms in total. The lowest BCUT2D eigenvalue weighted by atomic mass is 10.0. The summed E-state index contributed by atoms with van der Waals surface area (Å²) < 4.78 is 17.8. The number of hydrogen-bond donors (Lipinski definition) is 0. The van der Waals surface area contributed by atoms with Gasteiger partial charge in [-0.05, 0) is 37.0 Å². The zero-order valence-electron chi connectivity index (χ0n) is 27.2. The van der Waals surface area contributed by atoms with Crippen molar-refractivity contribution in [3.05, 3.63) is 77.0 Å². The molecule has 1 aliphatic heterocycles. The molecule has 1 amide bonds. The van der Waals surface area contributed by atoms with E-state index in [1.54, 1.807) is 11.0 Å². The number of terminal acetylenes is 1. The number of halogens is 1. The lowest BCUT2D eigenvalue weighted by Crippen LogP contribution is -2.54. The van der Waals surface area contributed by atoms with Crippen molar-refractivity contribution in [3.63, 3.8) is 0 Å². The highest BCUT2D eigenvalue weighted by molar-refractivity contribution is 5.92. The Labute approximate surface area is 268 Å². The van der Waals surface area contributed by atoms with Crippen LogP contribution >= 0.6 is 0 Å². The first-order valence-electron chi connectivity index (χ1n) is 15.4. The molecule has 0 unspecified atom stereocenters. The molecule has 1 aromatic carbocycles. The summed E-state index contributed by atoms with van der Waals surface area (Å²) in [5.74, 6) is 2.06. The second-order valence-electron chi connectivity index (χ2n) is 12.2. The predicted molar refractivity (Wildman–Crippen MR) is 180 cm³/mol. The van der Waals surface area contributed by atoms with Crippen molar-refractivity contribution in [1.82, 2.24) is 29.4 Å².